The second-order valence-corrected chi connectivity index (χ2v) is 11.5. The number of methoxy groups -OCH3 is 1. The predicted molar refractivity (Wildman–Crippen MR) is 139 cm³/mol. The van der Waals surface area contributed by atoms with Gasteiger partial charge in [0.25, 0.3) is 11.8 Å². The molecule has 1 aliphatic heterocycles. The lowest BCUT2D eigenvalue weighted by atomic mass is 9.45. The molecule has 2 aromatic rings. The molecule has 0 spiro atoms. The Morgan fingerprint density at radius 2 is 2.03 bits per heavy atom. The number of hydrogen-bond donors (Lipinski definition) is 2. The molecule has 36 heavy (non-hydrogen) atoms. The minimum absolute atomic E-state index is 0.0722. The molecule has 3 heterocycles. The molecule has 4 aliphatic rings. The fourth-order valence-electron chi connectivity index (χ4n) is 6.91. The molecule has 2 amide bonds. The maximum absolute atomic E-state index is 13.6. The van der Waals surface area contributed by atoms with Crippen molar-refractivity contribution in [3.63, 3.8) is 0 Å². The molecule has 1 saturated heterocycles. The van der Waals surface area contributed by atoms with Crippen molar-refractivity contribution >= 4 is 17.5 Å². The van der Waals surface area contributed by atoms with Gasteiger partial charge in [0, 0.05) is 39.0 Å². The molecule has 2 aromatic heterocycles. The molecule has 0 aromatic carbocycles. The van der Waals surface area contributed by atoms with E-state index in [0.29, 0.717) is 54.0 Å². The Morgan fingerprint density at radius 3 is 2.75 bits per heavy atom. The zero-order valence-corrected chi connectivity index (χ0v) is 22.0. The molecular weight excluding hydrogens is 454 g/mol. The number of rotatable bonds is 9. The minimum atomic E-state index is -0.105. The second kappa shape index (κ2) is 10.5. The Kier molecular flexibility index (Phi) is 7.35. The number of amides is 2. The zero-order valence-electron chi connectivity index (χ0n) is 22.0. The molecular formula is C28H41N5O3. The van der Waals surface area contributed by atoms with Crippen LogP contribution in [0.25, 0.3) is 5.65 Å². The quantitative estimate of drug-likeness (QED) is 0.521. The van der Waals surface area contributed by atoms with Crippen LogP contribution in [0, 0.1) is 23.2 Å². The highest BCUT2D eigenvalue weighted by Gasteiger charge is 2.53. The van der Waals surface area contributed by atoms with E-state index in [4.69, 9.17) is 4.74 Å². The molecule has 4 fully saturated rings. The summed E-state index contributed by atoms with van der Waals surface area (Å²) < 4.78 is 6.99. The molecule has 3 aliphatic carbocycles. The molecule has 196 valence electrons. The predicted octanol–water partition coefficient (Wildman–Crippen LogP) is 3.37. The Hall–Kier alpha value is -2.45. The number of nitrogens with one attached hydrogen (secondary N) is 2. The average Bonchev–Trinajstić information content (AvgIpc) is 3.34. The van der Waals surface area contributed by atoms with Crippen molar-refractivity contribution in [1.29, 1.82) is 0 Å². The van der Waals surface area contributed by atoms with Gasteiger partial charge in [0.2, 0.25) is 0 Å². The lowest BCUT2D eigenvalue weighted by molar-refractivity contribution is -0.103. The van der Waals surface area contributed by atoms with E-state index in [0.717, 1.165) is 38.3 Å². The smallest absolute Gasteiger partial charge is 0.274 e. The second-order valence-electron chi connectivity index (χ2n) is 11.5. The monoisotopic (exact) mass is 495 g/mol. The first kappa shape index (κ1) is 25.2. The van der Waals surface area contributed by atoms with Gasteiger partial charge in [-0.15, -0.1) is 0 Å². The summed E-state index contributed by atoms with van der Waals surface area (Å²) in [5.41, 5.74) is 1.93. The summed E-state index contributed by atoms with van der Waals surface area (Å²) in [5, 5.41) is 6.57. The van der Waals surface area contributed by atoms with Crippen LogP contribution in [0.4, 0.5) is 0 Å². The van der Waals surface area contributed by atoms with E-state index < -0.39 is 0 Å². The maximum Gasteiger partial charge on any atom is 0.274 e. The van der Waals surface area contributed by atoms with Crippen molar-refractivity contribution < 1.29 is 14.3 Å². The van der Waals surface area contributed by atoms with Crippen LogP contribution < -0.4 is 10.6 Å². The highest BCUT2D eigenvalue weighted by Crippen LogP contribution is 2.61. The van der Waals surface area contributed by atoms with Crippen molar-refractivity contribution in [2.24, 2.45) is 23.2 Å². The van der Waals surface area contributed by atoms with E-state index in [9.17, 15) is 9.59 Å². The summed E-state index contributed by atoms with van der Waals surface area (Å²) in [5.74, 6) is 1.91. The number of aromatic nitrogens is 2. The summed E-state index contributed by atoms with van der Waals surface area (Å²) in [6.45, 7) is 8.55. The number of carbonyl (C=O) groups is 2. The molecule has 8 nitrogen and oxygen atoms in total. The van der Waals surface area contributed by atoms with Crippen molar-refractivity contribution in [2.75, 3.05) is 39.9 Å². The third kappa shape index (κ3) is 4.77. The lowest BCUT2D eigenvalue weighted by Crippen LogP contribution is -2.54. The summed E-state index contributed by atoms with van der Waals surface area (Å²) in [6.07, 6.45) is 8.14. The van der Waals surface area contributed by atoms with E-state index in [1.807, 2.05) is 23.1 Å². The molecule has 2 N–H and O–H groups in total. The molecule has 0 radical (unpaired) electrons. The van der Waals surface area contributed by atoms with E-state index in [-0.39, 0.29) is 17.9 Å². The van der Waals surface area contributed by atoms with Crippen LogP contribution in [-0.4, -0.2) is 72.0 Å². The summed E-state index contributed by atoms with van der Waals surface area (Å²) in [6, 6.07) is 5.69. The number of hydrogen-bond acceptors (Lipinski definition) is 5. The van der Waals surface area contributed by atoms with E-state index in [1.165, 1.54) is 19.3 Å². The van der Waals surface area contributed by atoms with Crippen LogP contribution in [0.3, 0.4) is 0 Å². The Morgan fingerprint density at radius 1 is 1.22 bits per heavy atom. The summed E-state index contributed by atoms with van der Waals surface area (Å²) in [4.78, 5) is 33.4. The Labute approximate surface area is 214 Å². The summed E-state index contributed by atoms with van der Waals surface area (Å²) in [7, 11) is 1.68. The third-order valence-electron chi connectivity index (χ3n) is 9.23. The number of nitrogens with zero attached hydrogens (tertiary/aromatic N) is 3. The van der Waals surface area contributed by atoms with Gasteiger partial charge in [0.15, 0.2) is 0 Å². The molecule has 0 unspecified atom stereocenters. The van der Waals surface area contributed by atoms with Crippen LogP contribution in [0.2, 0.25) is 0 Å². The lowest BCUT2D eigenvalue weighted by Gasteiger charge is -2.60. The van der Waals surface area contributed by atoms with Gasteiger partial charge in [-0.05, 0) is 86.9 Å². The van der Waals surface area contributed by atoms with Crippen molar-refractivity contribution in [1.82, 2.24) is 24.9 Å². The molecule has 8 heteroatoms. The van der Waals surface area contributed by atoms with Gasteiger partial charge in [0.05, 0.1) is 0 Å². The standard InChI is InChI=1S/C28H41N5O3/c1-28(2)20-9-8-19(22(28)16-20)17-30-26(34)24-6-4-7-25-31-23(18-33(24)25)27(35)32(14-5-15-36-3)21-10-12-29-13-11-21/h4,6-7,18-22,29H,5,8-17H2,1-3H3,(H,30,34)/t19-,20-,22-/m0/s1. The molecule has 3 atom stereocenters. The third-order valence-corrected chi connectivity index (χ3v) is 9.23. The Bertz CT molecular complexity index is 1090. The fourth-order valence-corrected chi connectivity index (χ4v) is 6.91. The minimum Gasteiger partial charge on any atom is -0.385 e. The maximum atomic E-state index is 13.6. The van der Waals surface area contributed by atoms with Gasteiger partial charge in [-0.1, -0.05) is 19.9 Å². The van der Waals surface area contributed by atoms with Crippen LogP contribution in [-0.2, 0) is 4.74 Å². The van der Waals surface area contributed by atoms with Gasteiger partial charge in [-0.3, -0.25) is 14.0 Å². The first-order valence-corrected chi connectivity index (χ1v) is 13.7. The normalized spacial score (nSPS) is 25.4. The number of fused-ring (bicyclic) bond motifs is 3. The SMILES string of the molecule is COCCCN(C(=O)c1cn2c(C(=O)NC[C@@H]3CC[C@H]4C[C@@H]3C4(C)C)cccc2n1)C1CCNCC1. The summed E-state index contributed by atoms with van der Waals surface area (Å²) >= 11 is 0. The average molecular weight is 496 g/mol. The fraction of sp³-hybridized carbons (Fsp3) is 0.679. The van der Waals surface area contributed by atoms with E-state index >= 15 is 0 Å². The first-order valence-electron chi connectivity index (χ1n) is 13.7. The van der Waals surface area contributed by atoms with E-state index in [2.05, 4.69) is 29.5 Å². The van der Waals surface area contributed by atoms with Crippen molar-refractivity contribution in [3.05, 3.63) is 35.8 Å². The van der Waals surface area contributed by atoms with Crippen LogP contribution >= 0.6 is 0 Å². The van der Waals surface area contributed by atoms with Crippen LogP contribution in [0.1, 0.15) is 73.3 Å². The van der Waals surface area contributed by atoms with Crippen LogP contribution in [0.5, 0.6) is 0 Å². The molecule has 6 rings (SSSR count). The van der Waals surface area contributed by atoms with Gasteiger partial charge in [-0.25, -0.2) is 4.98 Å². The zero-order chi connectivity index (χ0) is 25.3. The number of piperidine rings is 1. The van der Waals surface area contributed by atoms with Crippen molar-refractivity contribution in [2.45, 2.75) is 58.4 Å². The number of pyridine rings is 1. The number of imidazole rings is 1. The Balaban J connectivity index is 1.31. The number of ether oxygens (including phenoxy) is 1. The van der Waals surface area contributed by atoms with Crippen LogP contribution in [0.15, 0.2) is 24.4 Å². The first-order chi connectivity index (χ1) is 17.4. The largest absolute Gasteiger partial charge is 0.385 e. The van der Waals surface area contributed by atoms with Gasteiger partial charge in [-0.2, -0.15) is 0 Å². The highest BCUT2D eigenvalue weighted by molar-refractivity contribution is 5.95. The molecule has 3 saturated carbocycles. The van der Waals surface area contributed by atoms with Gasteiger partial charge in [0.1, 0.15) is 17.0 Å². The highest BCUT2D eigenvalue weighted by atomic mass is 16.5. The molecule has 2 bridgehead atoms. The van der Waals surface area contributed by atoms with Crippen molar-refractivity contribution in [3.8, 4) is 0 Å². The van der Waals surface area contributed by atoms with Gasteiger partial charge >= 0.3 is 0 Å². The van der Waals surface area contributed by atoms with Gasteiger partial charge < -0.3 is 20.3 Å². The van der Waals surface area contributed by atoms with E-state index in [1.54, 1.807) is 17.7 Å². The number of carbonyl (C=O) groups excluding carboxylic acids is 2. The topological polar surface area (TPSA) is 88.0 Å².